The Kier molecular flexibility index (Phi) is 6.86. The molecule has 0 fully saturated rings. The van der Waals surface area contributed by atoms with Crippen LogP contribution >= 0.6 is 0 Å². The van der Waals surface area contributed by atoms with Gasteiger partial charge in [-0.2, -0.15) is 0 Å². The third-order valence-corrected chi connectivity index (χ3v) is 10.8. The Bertz CT molecular complexity index is 2900. The minimum Gasteiger partial charge on any atom is -0.208 e. The quantitative estimate of drug-likeness (QED) is 0.169. The van der Waals surface area contributed by atoms with Crippen LogP contribution in [0.1, 0.15) is 0 Å². The first-order valence-electron chi connectivity index (χ1n) is 18.4. The van der Waals surface area contributed by atoms with Gasteiger partial charge < -0.3 is 0 Å². The van der Waals surface area contributed by atoms with Crippen molar-refractivity contribution in [3.63, 3.8) is 0 Å². The molecule has 0 N–H and O–H groups in total. The van der Waals surface area contributed by atoms with E-state index in [0.29, 0.717) is 17.5 Å². The predicted octanol–water partition coefficient (Wildman–Crippen LogP) is 13.3. The lowest BCUT2D eigenvalue weighted by Crippen LogP contribution is -2.00. The molecule has 1 aliphatic carbocycles. The number of fused-ring (bicyclic) bond motifs is 5. The second-order valence-electron chi connectivity index (χ2n) is 13.9. The molecule has 54 heavy (non-hydrogen) atoms. The molecule has 0 atom stereocenters. The smallest absolute Gasteiger partial charge is 0.164 e. The standard InChI is InChI=1S/C51H31N3/c1-5-16-32(17-6-1)46-36-24-13-14-25-37(36)47(33-18-7-2-8-19-33)45-31-43-40-28-29-41(38-26-15-27-39(48(38)40)42(43)30-44(45)46)51-53-49(34-20-9-3-10-21-34)52-50(54-51)35-22-11-4-12-23-35/h1-31H. The molecule has 0 spiro atoms. The van der Waals surface area contributed by atoms with Crippen LogP contribution in [-0.4, -0.2) is 15.0 Å². The van der Waals surface area contributed by atoms with Crippen molar-refractivity contribution in [1.82, 2.24) is 15.0 Å². The summed E-state index contributed by atoms with van der Waals surface area (Å²) in [5.41, 5.74) is 12.8. The number of nitrogens with zero attached hydrogens (tertiary/aromatic N) is 3. The van der Waals surface area contributed by atoms with Gasteiger partial charge in [-0.25, -0.2) is 15.0 Å². The number of aromatic nitrogens is 3. The van der Waals surface area contributed by atoms with Crippen LogP contribution in [0.2, 0.25) is 0 Å². The Morgan fingerprint density at radius 3 is 1.13 bits per heavy atom. The van der Waals surface area contributed by atoms with E-state index in [1.165, 1.54) is 71.4 Å². The van der Waals surface area contributed by atoms with Crippen molar-refractivity contribution < 1.29 is 0 Å². The average Bonchev–Trinajstić information content (AvgIpc) is 3.56. The lowest BCUT2D eigenvalue weighted by Gasteiger charge is -2.19. The van der Waals surface area contributed by atoms with Crippen LogP contribution in [0.5, 0.6) is 0 Å². The fourth-order valence-electron chi connectivity index (χ4n) is 8.48. The fraction of sp³-hybridized carbons (Fsp3) is 0. The molecule has 0 saturated heterocycles. The van der Waals surface area contributed by atoms with Gasteiger partial charge in [-0.1, -0.05) is 170 Å². The summed E-state index contributed by atoms with van der Waals surface area (Å²) < 4.78 is 0. The molecule has 0 aliphatic heterocycles. The maximum atomic E-state index is 5.12. The van der Waals surface area contributed by atoms with Gasteiger partial charge in [0.15, 0.2) is 17.5 Å². The zero-order valence-corrected chi connectivity index (χ0v) is 29.2. The molecule has 11 rings (SSSR count). The second kappa shape index (κ2) is 12.2. The molecule has 250 valence electrons. The Hall–Kier alpha value is -7.23. The molecule has 3 nitrogen and oxygen atoms in total. The summed E-state index contributed by atoms with van der Waals surface area (Å²) in [5, 5.41) is 7.37. The molecular weight excluding hydrogens is 655 g/mol. The third-order valence-electron chi connectivity index (χ3n) is 10.8. The Morgan fingerprint density at radius 1 is 0.241 bits per heavy atom. The van der Waals surface area contributed by atoms with Gasteiger partial charge in [0.1, 0.15) is 0 Å². The highest BCUT2D eigenvalue weighted by atomic mass is 15.0. The molecule has 3 heteroatoms. The Labute approximate surface area is 312 Å². The highest BCUT2D eigenvalue weighted by Gasteiger charge is 2.27. The number of hydrogen-bond donors (Lipinski definition) is 0. The van der Waals surface area contributed by atoms with Gasteiger partial charge >= 0.3 is 0 Å². The van der Waals surface area contributed by atoms with Crippen LogP contribution in [0.15, 0.2) is 188 Å². The van der Waals surface area contributed by atoms with E-state index in [0.717, 1.165) is 22.1 Å². The lowest BCUT2D eigenvalue weighted by molar-refractivity contribution is 1.08. The summed E-state index contributed by atoms with van der Waals surface area (Å²) in [5.74, 6) is 1.98. The molecule has 9 aromatic carbocycles. The van der Waals surface area contributed by atoms with Crippen molar-refractivity contribution >= 4 is 32.3 Å². The van der Waals surface area contributed by atoms with Crippen molar-refractivity contribution in [3.8, 4) is 78.7 Å². The molecule has 0 radical (unpaired) electrons. The summed E-state index contributed by atoms with van der Waals surface area (Å²) in [6.07, 6.45) is 0. The number of benzene rings is 9. The van der Waals surface area contributed by atoms with Crippen LogP contribution in [0.3, 0.4) is 0 Å². The average molecular weight is 686 g/mol. The highest BCUT2D eigenvalue weighted by molar-refractivity contribution is 6.26. The van der Waals surface area contributed by atoms with E-state index in [-0.39, 0.29) is 0 Å². The van der Waals surface area contributed by atoms with Gasteiger partial charge in [0, 0.05) is 16.7 Å². The molecule has 0 bridgehead atoms. The SMILES string of the molecule is c1ccc(-c2nc(-c3ccccc3)nc(-c3ccc4c5c(cccc35)-c3cc5c(-c6ccccc6)c6ccccc6c(-c6ccccc6)c5cc3-4)n2)cc1. The minimum atomic E-state index is 0.659. The Balaban J connectivity index is 1.19. The van der Waals surface area contributed by atoms with Crippen molar-refractivity contribution in [3.05, 3.63) is 188 Å². The monoisotopic (exact) mass is 685 g/mol. The molecule has 10 aromatic rings. The second-order valence-corrected chi connectivity index (χ2v) is 13.9. The summed E-state index contributed by atoms with van der Waals surface area (Å²) in [6.45, 7) is 0. The van der Waals surface area contributed by atoms with Gasteiger partial charge in [0.2, 0.25) is 0 Å². The van der Waals surface area contributed by atoms with E-state index in [9.17, 15) is 0 Å². The van der Waals surface area contributed by atoms with Gasteiger partial charge in [-0.15, -0.1) is 0 Å². The van der Waals surface area contributed by atoms with Crippen LogP contribution in [0, 0.1) is 0 Å². The van der Waals surface area contributed by atoms with Gasteiger partial charge in [0.25, 0.3) is 0 Å². The zero-order chi connectivity index (χ0) is 35.6. The van der Waals surface area contributed by atoms with Crippen LogP contribution in [0.25, 0.3) is 111 Å². The van der Waals surface area contributed by atoms with Crippen molar-refractivity contribution in [2.45, 2.75) is 0 Å². The number of rotatable bonds is 5. The first kappa shape index (κ1) is 30.4. The van der Waals surface area contributed by atoms with Crippen LogP contribution in [-0.2, 0) is 0 Å². The molecule has 1 heterocycles. The number of hydrogen-bond acceptors (Lipinski definition) is 3. The van der Waals surface area contributed by atoms with Gasteiger partial charge in [-0.05, 0) is 95.0 Å². The third kappa shape index (κ3) is 4.72. The first-order chi connectivity index (χ1) is 26.8. The minimum absolute atomic E-state index is 0.659. The summed E-state index contributed by atoms with van der Waals surface area (Å²) in [7, 11) is 0. The Morgan fingerprint density at radius 2 is 0.630 bits per heavy atom. The summed E-state index contributed by atoms with van der Waals surface area (Å²) in [4.78, 5) is 15.2. The van der Waals surface area contributed by atoms with E-state index >= 15 is 0 Å². The predicted molar refractivity (Wildman–Crippen MR) is 224 cm³/mol. The fourth-order valence-corrected chi connectivity index (χ4v) is 8.48. The molecule has 1 aliphatic rings. The molecule has 0 unspecified atom stereocenters. The zero-order valence-electron chi connectivity index (χ0n) is 29.2. The van der Waals surface area contributed by atoms with E-state index < -0.39 is 0 Å². The molecule has 0 saturated carbocycles. The van der Waals surface area contributed by atoms with Crippen LogP contribution in [0.4, 0.5) is 0 Å². The maximum absolute atomic E-state index is 5.12. The highest BCUT2D eigenvalue weighted by Crippen LogP contribution is 2.53. The van der Waals surface area contributed by atoms with Crippen molar-refractivity contribution in [2.75, 3.05) is 0 Å². The van der Waals surface area contributed by atoms with Gasteiger partial charge in [-0.3, -0.25) is 0 Å². The topological polar surface area (TPSA) is 38.7 Å². The van der Waals surface area contributed by atoms with Crippen LogP contribution < -0.4 is 0 Å². The van der Waals surface area contributed by atoms with Crippen molar-refractivity contribution in [1.29, 1.82) is 0 Å². The van der Waals surface area contributed by atoms with E-state index in [4.69, 9.17) is 15.0 Å². The molecular formula is C51H31N3. The normalized spacial score (nSPS) is 11.7. The van der Waals surface area contributed by atoms with E-state index in [1.54, 1.807) is 0 Å². The molecule has 0 amide bonds. The van der Waals surface area contributed by atoms with E-state index in [2.05, 4.69) is 152 Å². The first-order valence-corrected chi connectivity index (χ1v) is 18.4. The largest absolute Gasteiger partial charge is 0.208 e. The van der Waals surface area contributed by atoms with Gasteiger partial charge in [0.05, 0.1) is 0 Å². The maximum Gasteiger partial charge on any atom is 0.164 e. The van der Waals surface area contributed by atoms with Crippen molar-refractivity contribution in [2.24, 2.45) is 0 Å². The van der Waals surface area contributed by atoms with E-state index in [1.807, 2.05) is 36.4 Å². The molecule has 1 aromatic heterocycles. The lowest BCUT2D eigenvalue weighted by atomic mass is 9.84. The summed E-state index contributed by atoms with van der Waals surface area (Å²) in [6, 6.07) is 67.0. The summed E-state index contributed by atoms with van der Waals surface area (Å²) >= 11 is 0.